The van der Waals surface area contributed by atoms with E-state index in [1.165, 1.54) is 6.92 Å². The Morgan fingerprint density at radius 3 is 2.47 bits per heavy atom. The number of halogens is 1. The van der Waals surface area contributed by atoms with Crippen molar-refractivity contribution < 1.29 is 9.21 Å². The van der Waals surface area contributed by atoms with Gasteiger partial charge in [0, 0.05) is 10.9 Å². The van der Waals surface area contributed by atoms with Crippen LogP contribution in [0, 0.1) is 0 Å². The summed E-state index contributed by atoms with van der Waals surface area (Å²) in [5.41, 5.74) is 2.02. The van der Waals surface area contributed by atoms with E-state index in [1.54, 1.807) is 6.07 Å². The molecule has 0 saturated heterocycles. The quantitative estimate of drug-likeness (QED) is 0.616. The molecule has 1 aromatic heterocycles. The molecule has 3 rings (SSSR count). The maximum atomic E-state index is 11.9. The van der Waals surface area contributed by atoms with Crippen LogP contribution in [0.25, 0.3) is 22.3 Å². The Hall–Kier alpha value is -2.06. The number of Topliss-reactive ketones (excluding diaryl/α,β-unsaturated/α-hetero) is 1. The number of carbonyl (C=O) groups excluding carboxylic acids is 1. The molecule has 2 nitrogen and oxygen atoms in total. The minimum atomic E-state index is -0.0279. The lowest BCUT2D eigenvalue weighted by Crippen LogP contribution is -1.92. The summed E-state index contributed by atoms with van der Waals surface area (Å²) in [6.45, 7) is 1.54. The molecule has 0 atom stereocenters. The van der Waals surface area contributed by atoms with Gasteiger partial charge in [0.1, 0.15) is 5.76 Å². The van der Waals surface area contributed by atoms with Crippen molar-refractivity contribution in [3.05, 3.63) is 59.1 Å². The van der Waals surface area contributed by atoms with Crippen LogP contribution in [0.2, 0.25) is 5.02 Å². The van der Waals surface area contributed by atoms with Gasteiger partial charge in [-0.15, -0.1) is 0 Å². The van der Waals surface area contributed by atoms with E-state index in [1.807, 2.05) is 42.5 Å². The highest BCUT2D eigenvalue weighted by Gasteiger charge is 2.20. The number of carbonyl (C=O) groups is 1. The highest BCUT2D eigenvalue weighted by Crippen LogP contribution is 2.36. The molecule has 0 aliphatic rings. The average molecular weight is 271 g/mol. The molecular formula is C16H11ClO2. The number of benzene rings is 2. The summed E-state index contributed by atoms with van der Waals surface area (Å²) in [5.74, 6) is 0.552. The molecular weight excluding hydrogens is 260 g/mol. The Morgan fingerprint density at radius 2 is 1.79 bits per heavy atom. The molecule has 3 aromatic rings. The van der Waals surface area contributed by atoms with Crippen LogP contribution in [0.15, 0.2) is 52.9 Å². The average Bonchev–Trinajstić information content (AvgIpc) is 2.81. The minimum absolute atomic E-state index is 0.0279. The molecule has 0 N–H and O–H groups in total. The van der Waals surface area contributed by atoms with Gasteiger partial charge in [-0.25, -0.2) is 0 Å². The number of fused-ring (bicyclic) bond motifs is 1. The van der Waals surface area contributed by atoms with Gasteiger partial charge in [0.25, 0.3) is 0 Å². The Balaban J connectivity index is 2.39. The molecule has 0 spiro atoms. The topological polar surface area (TPSA) is 30.2 Å². The fraction of sp³-hybridized carbons (Fsp3) is 0.0625. The van der Waals surface area contributed by atoms with E-state index in [0.29, 0.717) is 21.9 Å². The second-order valence-electron chi connectivity index (χ2n) is 4.34. The van der Waals surface area contributed by atoms with Gasteiger partial charge < -0.3 is 4.42 Å². The number of hydrogen-bond donors (Lipinski definition) is 0. The van der Waals surface area contributed by atoms with Gasteiger partial charge in [-0.05, 0) is 13.0 Å². The molecule has 1 heterocycles. The summed E-state index contributed by atoms with van der Waals surface area (Å²) < 4.78 is 5.82. The van der Waals surface area contributed by atoms with Gasteiger partial charge >= 0.3 is 0 Å². The van der Waals surface area contributed by atoms with Crippen molar-refractivity contribution in [2.75, 3.05) is 0 Å². The monoisotopic (exact) mass is 270 g/mol. The molecule has 2 aromatic carbocycles. The first-order valence-corrected chi connectivity index (χ1v) is 6.33. The van der Waals surface area contributed by atoms with Crippen LogP contribution in [0.1, 0.15) is 17.3 Å². The molecule has 0 saturated carbocycles. The third kappa shape index (κ3) is 1.94. The Labute approximate surface area is 115 Å². The number of rotatable bonds is 2. The summed E-state index contributed by atoms with van der Waals surface area (Å²) in [7, 11) is 0. The third-order valence-electron chi connectivity index (χ3n) is 3.06. The summed E-state index contributed by atoms with van der Waals surface area (Å²) in [5, 5.41) is 1.28. The lowest BCUT2D eigenvalue weighted by molar-refractivity contribution is 0.101. The molecule has 3 heteroatoms. The fourth-order valence-electron chi connectivity index (χ4n) is 2.23. The normalized spacial score (nSPS) is 10.8. The first-order valence-electron chi connectivity index (χ1n) is 5.96. The van der Waals surface area contributed by atoms with E-state index in [0.717, 1.165) is 10.9 Å². The van der Waals surface area contributed by atoms with Gasteiger partial charge in [-0.2, -0.15) is 0 Å². The fourth-order valence-corrected chi connectivity index (χ4v) is 2.44. The van der Waals surface area contributed by atoms with Gasteiger partial charge in [0.15, 0.2) is 11.4 Å². The van der Waals surface area contributed by atoms with Crippen molar-refractivity contribution in [3.8, 4) is 11.3 Å². The number of hydrogen-bond acceptors (Lipinski definition) is 2. The van der Waals surface area contributed by atoms with Crippen molar-refractivity contribution in [2.45, 2.75) is 6.92 Å². The molecule has 0 fully saturated rings. The number of para-hydroxylation sites is 1. The Morgan fingerprint density at radius 1 is 1.05 bits per heavy atom. The van der Waals surface area contributed by atoms with Crippen molar-refractivity contribution in [2.24, 2.45) is 0 Å². The third-order valence-corrected chi connectivity index (χ3v) is 3.35. The van der Waals surface area contributed by atoms with E-state index in [-0.39, 0.29) is 5.78 Å². The van der Waals surface area contributed by atoms with Gasteiger partial charge in [0.2, 0.25) is 0 Å². The number of ketones is 1. The van der Waals surface area contributed by atoms with E-state index < -0.39 is 0 Å². The predicted octanol–water partition coefficient (Wildman–Crippen LogP) is 4.96. The van der Waals surface area contributed by atoms with E-state index in [9.17, 15) is 4.79 Å². The summed E-state index contributed by atoms with van der Waals surface area (Å²) in [6.07, 6.45) is 0. The molecule has 19 heavy (non-hydrogen) atoms. The van der Waals surface area contributed by atoms with Gasteiger partial charge in [-0.3, -0.25) is 4.79 Å². The SMILES string of the molecule is CC(=O)c1c(-c2ccccc2)oc2c(Cl)cccc12. The lowest BCUT2D eigenvalue weighted by Gasteiger charge is -1.99. The Kier molecular flexibility index (Phi) is 2.88. The zero-order valence-electron chi connectivity index (χ0n) is 10.3. The van der Waals surface area contributed by atoms with Crippen molar-refractivity contribution in [1.29, 1.82) is 0 Å². The second-order valence-corrected chi connectivity index (χ2v) is 4.75. The van der Waals surface area contributed by atoms with Crippen LogP contribution in [0.5, 0.6) is 0 Å². The van der Waals surface area contributed by atoms with Crippen LogP contribution in [-0.2, 0) is 0 Å². The summed E-state index contributed by atoms with van der Waals surface area (Å²) in [6, 6.07) is 15.0. The number of furan rings is 1. The van der Waals surface area contributed by atoms with Crippen molar-refractivity contribution in [1.82, 2.24) is 0 Å². The molecule has 0 aliphatic carbocycles. The molecule has 0 amide bonds. The largest absolute Gasteiger partial charge is 0.454 e. The zero-order valence-corrected chi connectivity index (χ0v) is 11.1. The van der Waals surface area contributed by atoms with Crippen LogP contribution in [-0.4, -0.2) is 5.78 Å². The predicted molar refractivity (Wildman–Crippen MR) is 76.7 cm³/mol. The lowest BCUT2D eigenvalue weighted by atomic mass is 10.0. The molecule has 0 bridgehead atoms. The molecule has 0 unspecified atom stereocenters. The van der Waals surface area contributed by atoms with Crippen LogP contribution in [0.4, 0.5) is 0 Å². The highest BCUT2D eigenvalue weighted by atomic mass is 35.5. The zero-order chi connectivity index (χ0) is 13.4. The highest BCUT2D eigenvalue weighted by molar-refractivity contribution is 6.35. The summed E-state index contributed by atoms with van der Waals surface area (Å²) in [4.78, 5) is 11.9. The van der Waals surface area contributed by atoms with Crippen molar-refractivity contribution >= 4 is 28.4 Å². The van der Waals surface area contributed by atoms with Crippen LogP contribution in [0.3, 0.4) is 0 Å². The minimum Gasteiger partial charge on any atom is -0.454 e. The second kappa shape index (κ2) is 4.56. The maximum absolute atomic E-state index is 11.9. The van der Waals surface area contributed by atoms with E-state index in [4.69, 9.17) is 16.0 Å². The maximum Gasteiger partial charge on any atom is 0.164 e. The standard InChI is InChI=1S/C16H11ClO2/c1-10(18)14-12-8-5-9-13(17)16(12)19-15(14)11-6-3-2-4-7-11/h2-9H,1H3. The Bertz CT molecular complexity index is 757. The van der Waals surface area contributed by atoms with Gasteiger partial charge in [-0.1, -0.05) is 54.1 Å². The first kappa shape index (κ1) is 12.0. The molecule has 0 aliphatic heterocycles. The molecule has 94 valence electrons. The summed E-state index contributed by atoms with van der Waals surface area (Å²) >= 11 is 6.13. The van der Waals surface area contributed by atoms with Crippen LogP contribution < -0.4 is 0 Å². The smallest absolute Gasteiger partial charge is 0.164 e. The van der Waals surface area contributed by atoms with E-state index in [2.05, 4.69) is 0 Å². The molecule has 0 radical (unpaired) electrons. The van der Waals surface area contributed by atoms with E-state index >= 15 is 0 Å². The van der Waals surface area contributed by atoms with Gasteiger partial charge in [0.05, 0.1) is 10.6 Å². The first-order chi connectivity index (χ1) is 9.18. The van der Waals surface area contributed by atoms with Crippen LogP contribution >= 0.6 is 11.6 Å². The van der Waals surface area contributed by atoms with Crippen molar-refractivity contribution in [3.63, 3.8) is 0 Å².